The van der Waals surface area contributed by atoms with Crippen molar-refractivity contribution in [2.45, 2.75) is 45.6 Å². The zero-order chi connectivity index (χ0) is 26.4. The second kappa shape index (κ2) is 11.5. The Morgan fingerprint density at radius 2 is 1.49 bits per heavy atom. The molecule has 37 heavy (non-hydrogen) atoms. The van der Waals surface area contributed by atoms with Crippen LogP contribution in [0, 0.1) is 5.41 Å². The number of rotatable bonds is 8. The largest absolute Gasteiger partial charge is 0.478 e. The van der Waals surface area contributed by atoms with Gasteiger partial charge in [-0.05, 0) is 65.4 Å². The van der Waals surface area contributed by atoms with Gasteiger partial charge in [-0.2, -0.15) is 0 Å². The summed E-state index contributed by atoms with van der Waals surface area (Å²) in [4.78, 5) is 29.0. The van der Waals surface area contributed by atoms with Crippen LogP contribution in [-0.2, 0) is 16.1 Å². The number of carbonyl (C=O) groups is 2. The molecule has 1 saturated carbocycles. The molecular weight excluding hydrogens is 460 g/mol. The van der Waals surface area contributed by atoms with Crippen LogP contribution in [0.5, 0.6) is 0 Å². The van der Waals surface area contributed by atoms with Crippen molar-refractivity contribution in [1.82, 2.24) is 0 Å². The van der Waals surface area contributed by atoms with Gasteiger partial charge in [0.2, 0.25) is 5.91 Å². The van der Waals surface area contributed by atoms with Gasteiger partial charge in [-0.3, -0.25) is 4.79 Å². The van der Waals surface area contributed by atoms with E-state index in [2.05, 4.69) is 60.4 Å². The summed E-state index contributed by atoms with van der Waals surface area (Å²) in [5.41, 5.74) is 5.64. The number of hydrogen-bond donors (Lipinski definition) is 1. The molecule has 1 amide bonds. The molecule has 3 aromatic rings. The number of carboxylic acids is 1. The van der Waals surface area contributed by atoms with E-state index in [1.54, 1.807) is 6.08 Å². The van der Waals surface area contributed by atoms with Gasteiger partial charge in [0.1, 0.15) is 0 Å². The lowest BCUT2D eigenvalue weighted by Crippen LogP contribution is -2.43. The van der Waals surface area contributed by atoms with E-state index in [0.29, 0.717) is 6.54 Å². The molecule has 0 heterocycles. The summed E-state index contributed by atoms with van der Waals surface area (Å²) in [5.74, 6) is -0.862. The first-order valence-corrected chi connectivity index (χ1v) is 12.9. The zero-order valence-corrected chi connectivity index (χ0v) is 22.0. The van der Waals surface area contributed by atoms with E-state index in [9.17, 15) is 9.59 Å². The predicted octanol–water partition coefficient (Wildman–Crippen LogP) is 7.02. The number of amides is 1. The van der Waals surface area contributed by atoms with Crippen molar-refractivity contribution in [3.63, 3.8) is 0 Å². The summed E-state index contributed by atoms with van der Waals surface area (Å²) in [6.45, 7) is 2.55. The normalized spacial score (nSPS) is 14.9. The van der Waals surface area contributed by atoms with Crippen LogP contribution in [-0.4, -0.2) is 31.1 Å². The molecule has 0 spiro atoms. The number of carboxylic acid groups (broad SMARTS) is 1. The Hall–Kier alpha value is -3.86. The molecule has 1 aliphatic carbocycles. The molecule has 0 bridgehead atoms. The molecule has 1 aliphatic rings. The molecule has 0 unspecified atom stereocenters. The van der Waals surface area contributed by atoms with Crippen LogP contribution < -0.4 is 9.80 Å². The third-order valence-corrected chi connectivity index (χ3v) is 7.33. The highest BCUT2D eigenvalue weighted by Gasteiger charge is 2.38. The molecule has 0 aliphatic heterocycles. The maximum Gasteiger partial charge on any atom is 0.328 e. The molecule has 4 rings (SSSR count). The Bertz CT molecular complexity index is 1250. The van der Waals surface area contributed by atoms with Gasteiger partial charge in [-0.25, -0.2) is 4.79 Å². The minimum absolute atomic E-state index is 0.134. The quantitative estimate of drug-likeness (QED) is 0.340. The van der Waals surface area contributed by atoms with Gasteiger partial charge in [-0.1, -0.05) is 74.7 Å². The molecule has 192 valence electrons. The van der Waals surface area contributed by atoms with E-state index < -0.39 is 5.97 Å². The lowest BCUT2D eigenvalue weighted by molar-refractivity contribution is -0.131. The van der Waals surface area contributed by atoms with Crippen LogP contribution in [0.4, 0.5) is 11.4 Å². The molecule has 1 fully saturated rings. The van der Waals surface area contributed by atoms with E-state index in [1.807, 2.05) is 43.3 Å². The number of hydrogen-bond acceptors (Lipinski definition) is 3. The third-order valence-electron chi connectivity index (χ3n) is 7.33. The molecule has 0 aromatic heterocycles. The van der Waals surface area contributed by atoms with Gasteiger partial charge in [0.15, 0.2) is 0 Å². The Labute approximate surface area is 220 Å². The number of aliphatic carboxylic acids is 1. The first-order valence-electron chi connectivity index (χ1n) is 12.9. The van der Waals surface area contributed by atoms with Crippen LogP contribution in [0.2, 0.25) is 0 Å². The van der Waals surface area contributed by atoms with Crippen molar-refractivity contribution < 1.29 is 14.7 Å². The van der Waals surface area contributed by atoms with E-state index in [0.717, 1.165) is 65.4 Å². The van der Waals surface area contributed by atoms with Crippen molar-refractivity contribution in [2.24, 2.45) is 5.41 Å². The predicted molar refractivity (Wildman–Crippen MR) is 152 cm³/mol. The lowest BCUT2D eigenvalue weighted by atomic mass is 9.74. The molecule has 5 heteroatoms. The van der Waals surface area contributed by atoms with Gasteiger partial charge in [-0.15, -0.1) is 0 Å². The molecule has 5 nitrogen and oxygen atoms in total. The smallest absolute Gasteiger partial charge is 0.328 e. The lowest BCUT2D eigenvalue weighted by Gasteiger charge is -2.37. The summed E-state index contributed by atoms with van der Waals surface area (Å²) in [5, 5.41) is 9.03. The van der Waals surface area contributed by atoms with Gasteiger partial charge in [0, 0.05) is 37.0 Å². The average Bonchev–Trinajstić information content (AvgIpc) is 2.91. The Balaban J connectivity index is 1.62. The minimum atomic E-state index is -0.996. The van der Waals surface area contributed by atoms with Gasteiger partial charge < -0.3 is 14.9 Å². The molecule has 1 N–H and O–H groups in total. The van der Waals surface area contributed by atoms with Gasteiger partial charge in [0.25, 0.3) is 0 Å². The highest BCUT2D eigenvalue weighted by Crippen LogP contribution is 2.39. The van der Waals surface area contributed by atoms with E-state index in [4.69, 9.17) is 5.11 Å². The third kappa shape index (κ3) is 6.48. The Morgan fingerprint density at radius 3 is 2.08 bits per heavy atom. The van der Waals surface area contributed by atoms with Crippen molar-refractivity contribution in [2.75, 3.05) is 23.9 Å². The van der Waals surface area contributed by atoms with Crippen LogP contribution in [0.25, 0.3) is 17.2 Å². The fourth-order valence-electron chi connectivity index (χ4n) is 5.05. The summed E-state index contributed by atoms with van der Waals surface area (Å²) in [6, 6.07) is 24.4. The van der Waals surface area contributed by atoms with E-state index in [-0.39, 0.29) is 11.3 Å². The molecule has 0 atom stereocenters. The zero-order valence-electron chi connectivity index (χ0n) is 22.0. The van der Waals surface area contributed by atoms with Crippen LogP contribution in [0.3, 0.4) is 0 Å². The van der Waals surface area contributed by atoms with E-state index in [1.165, 1.54) is 6.42 Å². The first kappa shape index (κ1) is 26.2. The summed E-state index contributed by atoms with van der Waals surface area (Å²) >= 11 is 0. The summed E-state index contributed by atoms with van der Waals surface area (Å²) in [6.07, 6.45) is 7.78. The summed E-state index contributed by atoms with van der Waals surface area (Å²) in [7, 11) is 4.06. The van der Waals surface area contributed by atoms with Gasteiger partial charge in [0.05, 0.1) is 6.54 Å². The van der Waals surface area contributed by atoms with E-state index >= 15 is 0 Å². The summed E-state index contributed by atoms with van der Waals surface area (Å²) < 4.78 is 0. The van der Waals surface area contributed by atoms with Crippen molar-refractivity contribution >= 4 is 29.3 Å². The maximum absolute atomic E-state index is 14.0. The molecule has 0 saturated heterocycles. The second-order valence-electron chi connectivity index (χ2n) is 10.4. The topological polar surface area (TPSA) is 60.9 Å². The molecular formula is C32H36N2O3. The van der Waals surface area contributed by atoms with Crippen molar-refractivity contribution in [3.05, 3.63) is 90.0 Å². The number of benzene rings is 3. The average molecular weight is 497 g/mol. The number of carbonyl (C=O) groups excluding carboxylic acids is 1. The fraction of sp³-hybridized carbons (Fsp3) is 0.312. The SMILES string of the molecule is CN(C)c1ccc(-c2ccc(CN(C(=O)C3(C)CCCCC3)c3cccc(C=CC(=O)O)c3)cc2)cc1. The fourth-order valence-corrected chi connectivity index (χ4v) is 5.05. The van der Waals surface area contributed by atoms with Crippen molar-refractivity contribution in [1.29, 1.82) is 0 Å². The number of anilines is 2. The van der Waals surface area contributed by atoms with Gasteiger partial charge >= 0.3 is 5.97 Å². The van der Waals surface area contributed by atoms with Crippen LogP contribution >= 0.6 is 0 Å². The molecule has 3 aromatic carbocycles. The second-order valence-corrected chi connectivity index (χ2v) is 10.4. The Kier molecular flexibility index (Phi) is 8.12. The van der Waals surface area contributed by atoms with Crippen LogP contribution in [0.15, 0.2) is 78.9 Å². The maximum atomic E-state index is 14.0. The highest BCUT2D eigenvalue weighted by atomic mass is 16.4. The van der Waals surface area contributed by atoms with Crippen molar-refractivity contribution in [3.8, 4) is 11.1 Å². The monoisotopic (exact) mass is 496 g/mol. The first-order chi connectivity index (χ1) is 17.7. The molecule has 0 radical (unpaired) electrons. The van der Waals surface area contributed by atoms with Crippen LogP contribution in [0.1, 0.15) is 50.2 Å². The minimum Gasteiger partial charge on any atom is -0.478 e. The number of nitrogens with zero attached hydrogens (tertiary/aromatic N) is 2. The standard InChI is InChI=1S/C32H36N2O3/c1-32(20-5-4-6-21-32)31(37)34(29-9-7-8-24(22-29)12-19-30(35)36)23-25-10-13-26(14-11-25)27-15-17-28(18-16-27)33(2)3/h7-19,22H,4-6,20-21,23H2,1-3H3,(H,35,36). The highest BCUT2D eigenvalue weighted by molar-refractivity contribution is 5.97. The Morgan fingerprint density at radius 1 is 0.865 bits per heavy atom.